The SMILES string of the molecule is CC1(C)COc2cc(NS(=O)(=O)c3ccccc3[N+](=O)[O-])ccc2NC1=O. The van der Waals surface area contributed by atoms with E-state index in [2.05, 4.69) is 10.0 Å². The van der Waals surface area contributed by atoms with Crippen LogP contribution in [0.5, 0.6) is 5.75 Å². The van der Waals surface area contributed by atoms with Crippen LogP contribution in [0.25, 0.3) is 0 Å². The van der Waals surface area contributed by atoms with E-state index in [1.165, 1.54) is 30.3 Å². The summed E-state index contributed by atoms with van der Waals surface area (Å²) in [6.45, 7) is 3.57. The standard InChI is InChI=1S/C17H17N3O6S/c1-17(2)10-26-14-9-11(7-8-12(14)18-16(17)21)19-27(24,25)15-6-4-3-5-13(15)20(22)23/h3-9,19H,10H2,1-2H3,(H,18,21). The van der Waals surface area contributed by atoms with Crippen molar-refractivity contribution >= 4 is 33.0 Å². The second-order valence-corrected chi connectivity index (χ2v) is 8.32. The van der Waals surface area contributed by atoms with Crippen LogP contribution in [-0.2, 0) is 14.8 Å². The molecule has 1 aliphatic rings. The van der Waals surface area contributed by atoms with E-state index in [1.807, 2.05) is 0 Å². The Hall–Kier alpha value is -3.14. The van der Waals surface area contributed by atoms with Gasteiger partial charge in [-0.05, 0) is 32.0 Å². The monoisotopic (exact) mass is 391 g/mol. The van der Waals surface area contributed by atoms with E-state index in [-0.39, 0.29) is 18.2 Å². The first kappa shape index (κ1) is 18.6. The molecule has 142 valence electrons. The number of hydrogen-bond donors (Lipinski definition) is 2. The zero-order valence-corrected chi connectivity index (χ0v) is 15.4. The lowest BCUT2D eigenvalue weighted by Crippen LogP contribution is -2.33. The third kappa shape index (κ3) is 3.70. The summed E-state index contributed by atoms with van der Waals surface area (Å²) < 4.78 is 33.1. The zero-order chi connectivity index (χ0) is 19.8. The van der Waals surface area contributed by atoms with Gasteiger partial charge in [0.25, 0.3) is 15.7 Å². The van der Waals surface area contributed by atoms with E-state index in [0.29, 0.717) is 11.4 Å². The highest BCUT2D eigenvalue weighted by Crippen LogP contribution is 2.35. The van der Waals surface area contributed by atoms with Crippen LogP contribution in [0.3, 0.4) is 0 Å². The molecule has 0 fully saturated rings. The molecule has 2 aromatic rings. The molecule has 10 heteroatoms. The highest BCUT2D eigenvalue weighted by Gasteiger charge is 2.32. The van der Waals surface area contributed by atoms with Crippen molar-refractivity contribution in [2.45, 2.75) is 18.7 Å². The highest BCUT2D eigenvalue weighted by atomic mass is 32.2. The van der Waals surface area contributed by atoms with Crippen molar-refractivity contribution in [1.29, 1.82) is 0 Å². The largest absolute Gasteiger partial charge is 0.490 e. The summed E-state index contributed by atoms with van der Waals surface area (Å²) in [6, 6.07) is 9.43. The van der Waals surface area contributed by atoms with Gasteiger partial charge < -0.3 is 10.1 Å². The van der Waals surface area contributed by atoms with Crippen LogP contribution in [0.15, 0.2) is 47.4 Å². The van der Waals surface area contributed by atoms with Gasteiger partial charge >= 0.3 is 0 Å². The first-order valence-electron chi connectivity index (χ1n) is 7.95. The van der Waals surface area contributed by atoms with Gasteiger partial charge in [-0.3, -0.25) is 19.6 Å². The van der Waals surface area contributed by atoms with Gasteiger partial charge in [-0.15, -0.1) is 0 Å². The predicted octanol–water partition coefficient (Wildman–Crippen LogP) is 2.75. The Balaban J connectivity index is 1.93. The van der Waals surface area contributed by atoms with E-state index < -0.39 is 30.9 Å². The van der Waals surface area contributed by atoms with Crippen LogP contribution >= 0.6 is 0 Å². The number of carbonyl (C=O) groups excluding carboxylic acids is 1. The van der Waals surface area contributed by atoms with Crippen molar-refractivity contribution in [2.24, 2.45) is 5.41 Å². The Bertz CT molecular complexity index is 1030. The lowest BCUT2D eigenvalue weighted by Gasteiger charge is -2.18. The molecule has 0 unspecified atom stereocenters. The maximum absolute atomic E-state index is 12.6. The van der Waals surface area contributed by atoms with E-state index in [9.17, 15) is 23.3 Å². The summed E-state index contributed by atoms with van der Waals surface area (Å²) in [6.07, 6.45) is 0. The summed E-state index contributed by atoms with van der Waals surface area (Å²) in [5, 5.41) is 13.8. The predicted molar refractivity (Wildman–Crippen MR) is 98.3 cm³/mol. The highest BCUT2D eigenvalue weighted by molar-refractivity contribution is 7.92. The Labute approximate surface area is 155 Å². The van der Waals surface area contributed by atoms with E-state index in [1.54, 1.807) is 13.8 Å². The van der Waals surface area contributed by atoms with Gasteiger partial charge in [0, 0.05) is 12.1 Å². The molecule has 0 radical (unpaired) electrons. The molecule has 0 aliphatic carbocycles. The van der Waals surface area contributed by atoms with Gasteiger partial charge in [-0.1, -0.05) is 12.1 Å². The average Bonchev–Trinajstić information content (AvgIpc) is 2.71. The Morgan fingerprint density at radius 2 is 1.93 bits per heavy atom. The lowest BCUT2D eigenvalue weighted by atomic mass is 9.94. The molecule has 0 saturated carbocycles. The van der Waals surface area contributed by atoms with Crippen molar-refractivity contribution in [3.63, 3.8) is 0 Å². The first-order chi connectivity index (χ1) is 12.6. The number of carbonyl (C=O) groups is 1. The van der Waals surface area contributed by atoms with Gasteiger partial charge in [0.15, 0.2) is 4.90 Å². The number of para-hydroxylation sites is 1. The number of nitrogens with one attached hydrogen (secondary N) is 2. The second-order valence-electron chi connectivity index (χ2n) is 6.67. The first-order valence-corrected chi connectivity index (χ1v) is 9.43. The van der Waals surface area contributed by atoms with Gasteiger partial charge in [0.1, 0.15) is 12.4 Å². The molecule has 9 nitrogen and oxygen atoms in total. The summed E-state index contributed by atoms with van der Waals surface area (Å²) in [5.41, 5.74) is -0.700. The van der Waals surface area contributed by atoms with Crippen LogP contribution in [0.4, 0.5) is 17.1 Å². The molecule has 0 spiro atoms. The maximum Gasteiger partial charge on any atom is 0.289 e. The number of benzene rings is 2. The van der Waals surface area contributed by atoms with Crippen molar-refractivity contribution in [1.82, 2.24) is 0 Å². The number of nitro groups is 1. The third-order valence-electron chi connectivity index (χ3n) is 4.04. The van der Waals surface area contributed by atoms with Gasteiger partial charge in [0.2, 0.25) is 5.91 Å². The minimum Gasteiger partial charge on any atom is -0.490 e. The smallest absolute Gasteiger partial charge is 0.289 e. The lowest BCUT2D eigenvalue weighted by molar-refractivity contribution is -0.387. The van der Waals surface area contributed by atoms with Crippen molar-refractivity contribution in [3.8, 4) is 5.75 Å². The quantitative estimate of drug-likeness (QED) is 0.609. The topological polar surface area (TPSA) is 128 Å². The fourth-order valence-corrected chi connectivity index (χ4v) is 3.69. The summed E-state index contributed by atoms with van der Waals surface area (Å²) in [4.78, 5) is 22.0. The molecular formula is C17H17N3O6S. The van der Waals surface area contributed by atoms with E-state index in [0.717, 1.165) is 12.1 Å². The van der Waals surface area contributed by atoms with Crippen LogP contribution in [0.1, 0.15) is 13.8 Å². The Morgan fingerprint density at radius 3 is 2.63 bits per heavy atom. The van der Waals surface area contributed by atoms with Crippen LogP contribution in [0, 0.1) is 15.5 Å². The van der Waals surface area contributed by atoms with Crippen molar-refractivity contribution in [3.05, 3.63) is 52.6 Å². The number of anilines is 2. The molecule has 3 rings (SSSR count). The molecule has 2 aromatic carbocycles. The minimum atomic E-state index is -4.19. The van der Waals surface area contributed by atoms with Crippen molar-refractivity contribution in [2.75, 3.05) is 16.6 Å². The fourth-order valence-electron chi connectivity index (χ4n) is 2.47. The number of nitrogens with zero attached hydrogens (tertiary/aromatic N) is 1. The summed E-state index contributed by atoms with van der Waals surface area (Å²) >= 11 is 0. The maximum atomic E-state index is 12.6. The second kappa shape index (κ2) is 6.54. The number of sulfonamides is 1. The zero-order valence-electron chi connectivity index (χ0n) is 14.6. The number of fused-ring (bicyclic) bond motifs is 1. The van der Waals surface area contributed by atoms with Gasteiger partial charge in [0.05, 0.1) is 21.7 Å². The van der Waals surface area contributed by atoms with Crippen molar-refractivity contribution < 1.29 is 22.9 Å². The minimum absolute atomic E-state index is 0.117. The molecular weight excluding hydrogens is 374 g/mol. The molecule has 1 aliphatic heterocycles. The van der Waals surface area contributed by atoms with E-state index >= 15 is 0 Å². The van der Waals surface area contributed by atoms with Crippen LogP contribution < -0.4 is 14.8 Å². The van der Waals surface area contributed by atoms with Gasteiger partial charge in [-0.25, -0.2) is 8.42 Å². The van der Waals surface area contributed by atoms with Gasteiger partial charge in [-0.2, -0.15) is 0 Å². The molecule has 2 N–H and O–H groups in total. The molecule has 0 aromatic heterocycles. The summed E-state index contributed by atoms with van der Waals surface area (Å²) in [5.74, 6) is 0.0891. The molecule has 0 atom stereocenters. The fraction of sp³-hybridized carbons (Fsp3) is 0.235. The van der Waals surface area contributed by atoms with Crippen LogP contribution in [0.2, 0.25) is 0 Å². The third-order valence-corrected chi connectivity index (χ3v) is 5.47. The Morgan fingerprint density at radius 1 is 1.22 bits per heavy atom. The molecule has 0 saturated heterocycles. The number of rotatable bonds is 4. The number of nitro benzene ring substituents is 1. The number of amides is 1. The normalized spacial score (nSPS) is 15.7. The number of ether oxygens (including phenoxy) is 1. The molecule has 1 amide bonds. The molecule has 0 bridgehead atoms. The average molecular weight is 391 g/mol. The van der Waals surface area contributed by atoms with Crippen LogP contribution in [-0.4, -0.2) is 25.9 Å². The summed E-state index contributed by atoms with van der Waals surface area (Å²) in [7, 11) is -4.19. The number of hydrogen-bond acceptors (Lipinski definition) is 6. The van der Waals surface area contributed by atoms with E-state index in [4.69, 9.17) is 4.74 Å². The molecule has 27 heavy (non-hydrogen) atoms. The molecule has 1 heterocycles. The Kier molecular flexibility index (Phi) is 4.52.